The molecule has 0 radical (unpaired) electrons. The molecule has 66 heavy (non-hydrogen) atoms. The first-order chi connectivity index (χ1) is 31.7. The van der Waals surface area contributed by atoms with Crippen molar-refractivity contribution in [2.24, 2.45) is 11.8 Å². The summed E-state index contributed by atoms with van der Waals surface area (Å²) in [7, 11) is -3.68. The third-order valence-electron chi connectivity index (χ3n) is 10.9. The predicted octanol–water partition coefficient (Wildman–Crippen LogP) is 4.26. The van der Waals surface area contributed by atoms with Crippen molar-refractivity contribution < 1.29 is 57.1 Å². The van der Waals surface area contributed by atoms with Crippen molar-refractivity contribution in [2.45, 2.75) is 83.6 Å². The molecule has 2 aromatic carbocycles. The number of ketones is 2. The zero-order valence-corrected chi connectivity index (χ0v) is 37.1. The lowest BCUT2D eigenvalue weighted by Crippen LogP contribution is -2.45. The highest BCUT2D eigenvalue weighted by atomic mass is 31.2. The fourth-order valence-electron chi connectivity index (χ4n) is 7.91. The molecule has 6 N–H and O–H groups in total. The van der Waals surface area contributed by atoms with Crippen LogP contribution >= 0.6 is 7.82 Å². The molecule has 2 aliphatic rings. The number of anilines is 2. The Labute approximate surface area is 378 Å². The Morgan fingerprint density at radius 1 is 0.894 bits per heavy atom. The number of phosphoric acid groups is 1. The van der Waals surface area contributed by atoms with E-state index in [1.807, 2.05) is 35.2 Å². The van der Waals surface area contributed by atoms with Gasteiger partial charge in [0.1, 0.15) is 11.8 Å². The van der Waals surface area contributed by atoms with Crippen LogP contribution in [0.15, 0.2) is 77.7 Å². The van der Waals surface area contributed by atoms with Crippen molar-refractivity contribution >= 4 is 65.9 Å². The van der Waals surface area contributed by atoms with Crippen LogP contribution in [0, 0.1) is 11.8 Å². The van der Waals surface area contributed by atoms with E-state index in [2.05, 4.69) is 35.9 Å². The standard InChI is InChI=1S/C44H51N8O13P/c1-3-63-66(62,64-4-2)65-22-10-6-9-13-32(53)36-35(31-19-20-33(54)38(36)52(31)25-26-11-7-5-8-12-26)41(58)50-44-49-39-37(42(59)51-44)47-29(24-46-39)23-45-28-16-14-27(15-17-28)40(57)48-30(43(60)61)18-21-34(55)56/h5,7-8,11-12,14-17,19-20,24,30-31,35-36,38,45H,3-4,6,9-10,13,18,21-23,25H2,1-2H3,(H,48,57)(H,55,56)(H,60,61)(H2,46,49,50,51,58,59)/t30-,31-,35?,36?,38+/m1/s1. The number of amides is 2. The summed E-state index contributed by atoms with van der Waals surface area (Å²) in [5, 5.41) is 26.3. The van der Waals surface area contributed by atoms with Gasteiger partial charge in [0.2, 0.25) is 11.9 Å². The van der Waals surface area contributed by atoms with Crippen LogP contribution in [0.1, 0.15) is 74.0 Å². The smallest absolute Gasteiger partial charge is 0.474 e. The summed E-state index contributed by atoms with van der Waals surface area (Å²) in [4.78, 5) is 108. The third-order valence-corrected chi connectivity index (χ3v) is 12.6. The number of nitrogens with one attached hydrogen (secondary N) is 4. The number of hydrogen-bond acceptors (Lipinski definition) is 16. The summed E-state index contributed by atoms with van der Waals surface area (Å²) in [5.74, 6) is -6.73. The number of aliphatic carboxylic acids is 2. The van der Waals surface area contributed by atoms with E-state index in [1.165, 1.54) is 24.4 Å². The predicted molar refractivity (Wildman–Crippen MR) is 237 cm³/mol. The molecule has 6 rings (SSSR count). The maximum atomic E-state index is 14.3. The first kappa shape index (κ1) is 48.9. The van der Waals surface area contributed by atoms with Gasteiger partial charge in [-0.05, 0) is 69.0 Å². The fraction of sp³-hybridized carbons (Fsp3) is 0.409. The fourth-order valence-corrected chi connectivity index (χ4v) is 9.12. The molecule has 1 fully saturated rings. The van der Waals surface area contributed by atoms with Gasteiger partial charge in [-0.1, -0.05) is 42.8 Å². The summed E-state index contributed by atoms with van der Waals surface area (Å²) < 4.78 is 28.4. The van der Waals surface area contributed by atoms with Gasteiger partial charge in [-0.2, -0.15) is 4.98 Å². The lowest BCUT2D eigenvalue weighted by molar-refractivity contribution is -0.140. The van der Waals surface area contributed by atoms with Gasteiger partial charge in [-0.15, -0.1) is 0 Å². The summed E-state index contributed by atoms with van der Waals surface area (Å²) in [6.45, 7) is 4.11. The van der Waals surface area contributed by atoms with E-state index in [4.69, 9.17) is 18.7 Å². The SMILES string of the molecule is CCOP(=O)(OCC)OCCCCCC(=O)C1C(C(=O)Nc2nc3ncc(CNc4ccc(C(=O)N[C@H](CCC(=O)O)C(=O)O)cc4)nc3c(=O)[nH]2)[C@H]2C=CC(=O)[C@@H]1N2Cc1ccccc1. The molecule has 1 saturated heterocycles. The van der Waals surface area contributed by atoms with Crippen molar-refractivity contribution in [3.05, 3.63) is 100 Å². The van der Waals surface area contributed by atoms with E-state index in [0.29, 0.717) is 37.2 Å². The minimum absolute atomic E-state index is 0.0611. The van der Waals surface area contributed by atoms with Gasteiger partial charge in [-0.3, -0.25) is 57.5 Å². The topological polar surface area (TPSA) is 298 Å². The Balaban J connectivity index is 1.12. The summed E-state index contributed by atoms with van der Waals surface area (Å²) in [5.41, 5.74) is 1.02. The summed E-state index contributed by atoms with van der Waals surface area (Å²) >= 11 is 0. The van der Waals surface area contributed by atoms with Crippen LogP contribution in [0.4, 0.5) is 11.6 Å². The molecule has 2 unspecified atom stereocenters. The van der Waals surface area contributed by atoms with E-state index in [1.54, 1.807) is 32.1 Å². The quantitative estimate of drug-likeness (QED) is 0.0399. The number of phosphoric ester groups is 1. The van der Waals surface area contributed by atoms with Crippen molar-refractivity contribution in [3.8, 4) is 0 Å². The van der Waals surface area contributed by atoms with E-state index in [-0.39, 0.29) is 73.4 Å². The molecule has 5 atom stereocenters. The number of hydrogen-bond donors (Lipinski definition) is 6. The molecular formula is C44H51N8O13P. The largest absolute Gasteiger partial charge is 0.481 e. The van der Waals surface area contributed by atoms with Gasteiger partial charge in [0, 0.05) is 36.7 Å². The van der Waals surface area contributed by atoms with Crippen LogP contribution in [-0.2, 0) is 55.2 Å². The Bertz CT molecular complexity index is 2550. The molecule has 0 saturated carbocycles. The molecule has 4 heterocycles. The average Bonchev–Trinajstić information content (AvgIpc) is 3.52. The van der Waals surface area contributed by atoms with Crippen LogP contribution in [0.2, 0.25) is 0 Å². The number of carboxylic acids is 2. The van der Waals surface area contributed by atoms with Crippen LogP contribution in [0.3, 0.4) is 0 Å². The molecule has 4 aromatic rings. The zero-order chi connectivity index (χ0) is 47.4. The van der Waals surface area contributed by atoms with E-state index >= 15 is 0 Å². The average molecular weight is 931 g/mol. The van der Waals surface area contributed by atoms with Crippen molar-refractivity contribution in [2.75, 3.05) is 30.5 Å². The highest BCUT2D eigenvalue weighted by molar-refractivity contribution is 7.48. The first-order valence-electron chi connectivity index (χ1n) is 21.4. The van der Waals surface area contributed by atoms with Gasteiger partial charge in [-0.25, -0.2) is 19.3 Å². The minimum atomic E-state index is -3.68. The second-order valence-corrected chi connectivity index (χ2v) is 17.1. The molecule has 21 nitrogen and oxygen atoms in total. The number of Topliss-reactive ketones (excluding diaryl/α,β-unsaturated/α-hetero) is 1. The summed E-state index contributed by atoms with van der Waals surface area (Å²) in [6.07, 6.45) is 5.17. The zero-order valence-electron chi connectivity index (χ0n) is 36.2. The number of carbonyl (C=O) groups is 6. The van der Waals surface area contributed by atoms with Gasteiger partial charge < -0.3 is 20.8 Å². The van der Waals surface area contributed by atoms with Crippen LogP contribution < -0.4 is 21.5 Å². The number of aromatic nitrogens is 4. The molecule has 2 aromatic heterocycles. The second kappa shape index (κ2) is 22.6. The number of benzene rings is 2. The third kappa shape index (κ3) is 12.4. The van der Waals surface area contributed by atoms with E-state index < -0.39 is 73.5 Å². The van der Waals surface area contributed by atoms with Gasteiger partial charge in [0.25, 0.3) is 11.5 Å². The molecule has 0 aliphatic carbocycles. The van der Waals surface area contributed by atoms with E-state index in [0.717, 1.165) is 5.56 Å². The van der Waals surface area contributed by atoms with Crippen LogP contribution in [0.5, 0.6) is 0 Å². The number of carboxylic acid groups (broad SMARTS) is 2. The monoisotopic (exact) mass is 930 g/mol. The van der Waals surface area contributed by atoms with Crippen LogP contribution in [-0.4, -0.2) is 108 Å². The second-order valence-electron chi connectivity index (χ2n) is 15.5. The Morgan fingerprint density at radius 2 is 1.62 bits per heavy atom. The molecule has 2 aliphatic heterocycles. The molecule has 22 heteroatoms. The molecule has 2 bridgehead atoms. The van der Waals surface area contributed by atoms with Crippen molar-refractivity contribution in [1.82, 2.24) is 30.2 Å². The highest BCUT2D eigenvalue weighted by Gasteiger charge is 2.57. The number of fused-ring (bicyclic) bond motifs is 3. The van der Waals surface area contributed by atoms with Crippen LogP contribution in [0.25, 0.3) is 11.2 Å². The van der Waals surface area contributed by atoms with Gasteiger partial charge >= 0.3 is 19.8 Å². The maximum absolute atomic E-state index is 14.3. The Hall–Kier alpha value is -6.51. The number of unbranched alkanes of at least 4 members (excludes halogenated alkanes) is 2. The summed E-state index contributed by atoms with van der Waals surface area (Å²) in [6, 6.07) is 12.5. The number of aromatic amines is 1. The Kier molecular flexibility index (Phi) is 16.8. The molecule has 0 spiro atoms. The molecule has 350 valence electrons. The van der Waals surface area contributed by atoms with Gasteiger partial charge in [0.05, 0.1) is 56.1 Å². The van der Waals surface area contributed by atoms with Gasteiger partial charge in [0.15, 0.2) is 16.9 Å². The number of carbonyl (C=O) groups excluding carboxylic acids is 4. The molecular weight excluding hydrogens is 880 g/mol. The Morgan fingerprint density at radius 3 is 2.30 bits per heavy atom. The number of rotatable bonds is 25. The normalized spacial score (nSPS) is 18.5. The lowest BCUT2D eigenvalue weighted by atomic mass is 9.82. The first-order valence-corrected chi connectivity index (χ1v) is 22.9. The number of nitrogens with zero attached hydrogens (tertiary/aromatic N) is 4. The minimum Gasteiger partial charge on any atom is -0.481 e. The highest BCUT2D eigenvalue weighted by Crippen LogP contribution is 2.49. The maximum Gasteiger partial charge on any atom is 0.474 e. The van der Waals surface area contributed by atoms with E-state index in [9.17, 15) is 43.2 Å². The van der Waals surface area contributed by atoms with Crippen molar-refractivity contribution in [1.29, 1.82) is 0 Å². The van der Waals surface area contributed by atoms with Crippen molar-refractivity contribution in [3.63, 3.8) is 0 Å². The lowest BCUT2D eigenvalue weighted by Gasteiger charge is -2.31. The molecule has 2 amide bonds. The number of H-pyrrole nitrogens is 1.